The predicted octanol–water partition coefficient (Wildman–Crippen LogP) is 1.53. The van der Waals surface area contributed by atoms with Gasteiger partial charge in [-0.2, -0.15) is 0 Å². The molecule has 0 heterocycles. The number of benzene rings is 1. The van der Waals surface area contributed by atoms with Gasteiger partial charge in [-0.1, -0.05) is 26.0 Å². The smallest absolute Gasteiger partial charge is 0.310 e. The number of carbonyl (C=O) groups excluding carboxylic acids is 1. The van der Waals surface area contributed by atoms with Crippen LogP contribution in [0, 0.1) is 0 Å². The molecule has 1 atom stereocenters. The zero-order chi connectivity index (χ0) is 15.7. The van der Waals surface area contributed by atoms with E-state index in [0.717, 1.165) is 5.56 Å². The van der Waals surface area contributed by atoms with Crippen LogP contribution in [-0.4, -0.2) is 43.0 Å². The van der Waals surface area contributed by atoms with E-state index in [4.69, 9.17) is 9.47 Å². The SMILES string of the molecule is CCOC(=O)Cc1ccc(OC[C@@H](O)CNC(C)C)cc1. The second kappa shape index (κ2) is 9.37. The van der Waals surface area contributed by atoms with Crippen molar-refractivity contribution >= 4 is 5.97 Å². The quantitative estimate of drug-likeness (QED) is 0.676. The number of carbonyl (C=O) groups is 1. The summed E-state index contributed by atoms with van der Waals surface area (Å²) in [4.78, 5) is 11.3. The molecule has 0 bridgehead atoms. The highest BCUT2D eigenvalue weighted by Gasteiger charge is 2.07. The van der Waals surface area contributed by atoms with Crippen LogP contribution in [0.15, 0.2) is 24.3 Å². The number of hydrogen-bond donors (Lipinski definition) is 2. The van der Waals surface area contributed by atoms with Gasteiger partial charge in [0.1, 0.15) is 18.5 Å². The van der Waals surface area contributed by atoms with Crippen molar-refractivity contribution in [3.63, 3.8) is 0 Å². The molecule has 0 radical (unpaired) electrons. The first-order valence-corrected chi connectivity index (χ1v) is 7.30. The van der Waals surface area contributed by atoms with Gasteiger partial charge in [0.05, 0.1) is 13.0 Å². The third-order valence-electron chi connectivity index (χ3n) is 2.78. The fraction of sp³-hybridized carbons (Fsp3) is 0.562. The fourth-order valence-electron chi connectivity index (χ4n) is 1.71. The number of aliphatic hydroxyl groups excluding tert-OH is 1. The first kappa shape index (κ1) is 17.5. The molecule has 0 aliphatic heterocycles. The molecule has 0 aliphatic rings. The minimum atomic E-state index is -0.549. The molecule has 0 unspecified atom stereocenters. The molecule has 1 aromatic carbocycles. The molecule has 0 aromatic heterocycles. The monoisotopic (exact) mass is 295 g/mol. The zero-order valence-electron chi connectivity index (χ0n) is 13.0. The van der Waals surface area contributed by atoms with Crippen LogP contribution in [0.2, 0.25) is 0 Å². The van der Waals surface area contributed by atoms with Crippen molar-refractivity contribution in [2.75, 3.05) is 19.8 Å². The van der Waals surface area contributed by atoms with Gasteiger partial charge >= 0.3 is 5.97 Å². The molecule has 2 N–H and O–H groups in total. The molecule has 5 heteroatoms. The Morgan fingerprint density at radius 3 is 2.52 bits per heavy atom. The van der Waals surface area contributed by atoms with Crippen LogP contribution in [0.1, 0.15) is 26.3 Å². The maximum atomic E-state index is 11.3. The van der Waals surface area contributed by atoms with Gasteiger partial charge < -0.3 is 19.9 Å². The normalized spacial score (nSPS) is 12.2. The summed E-state index contributed by atoms with van der Waals surface area (Å²) in [7, 11) is 0. The molecule has 118 valence electrons. The lowest BCUT2D eigenvalue weighted by molar-refractivity contribution is -0.142. The van der Waals surface area contributed by atoms with E-state index in [0.29, 0.717) is 24.9 Å². The third-order valence-corrected chi connectivity index (χ3v) is 2.78. The average Bonchev–Trinajstić information content (AvgIpc) is 2.44. The standard InChI is InChI=1S/C16H25NO4/c1-4-20-16(19)9-13-5-7-15(8-6-13)21-11-14(18)10-17-12(2)3/h5-8,12,14,17-18H,4,9-11H2,1-3H3/t14-/m0/s1. The summed E-state index contributed by atoms with van der Waals surface area (Å²) < 4.78 is 10.4. The number of hydrogen-bond acceptors (Lipinski definition) is 5. The highest BCUT2D eigenvalue weighted by Crippen LogP contribution is 2.13. The Balaban J connectivity index is 2.35. The van der Waals surface area contributed by atoms with E-state index < -0.39 is 6.10 Å². The van der Waals surface area contributed by atoms with Crippen LogP contribution < -0.4 is 10.1 Å². The highest BCUT2D eigenvalue weighted by molar-refractivity contribution is 5.72. The Morgan fingerprint density at radius 2 is 1.95 bits per heavy atom. The van der Waals surface area contributed by atoms with Crippen LogP contribution in [0.4, 0.5) is 0 Å². The van der Waals surface area contributed by atoms with E-state index in [1.165, 1.54) is 0 Å². The van der Waals surface area contributed by atoms with Gasteiger partial charge in [-0.15, -0.1) is 0 Å². The lowest BCUT2D eigenvalue weighted by Gasteiger charge is -2.15. The summed E-state index contributed by atoms with van der Waals surface area (Å²) >= 11 is 0. The van der Waals surface area contributed by atoms with Gasteiger partial charge in [0.2, 0.25) is 0 Å². The zero-order valence-corrected chi connectivity index (χ0v) is 13.0. The van der Waals surface area contributed by atoms with Gasteiger partial charge in [0, 0.05) is 12.6 Å². The number of rotatable bonds is 9. The molecule has 0 saturated heterocycles. The van der Waals surface area contributed by atoms with Gasteiger partial charge in [-0.25, -0.2) is 0 Å². The van der Waals surface area contributed by atoms with Crippen molar-refractivity contribution in [2.24, 2.45) is 0 Å². The van der Waals surface area contributed by atoms with Crippen LogP contribution in [0.3, 0.4) is 0 Å². The van der Waals surface area contributed by atoms with Gasteiger partial charge in [0.15, 0.2) is 0 Å². The topological polar surface area (TPSA) is 67.8 Å². The molecule has 1 aromatic rings. The van der Waals surface area contributed by atoms with Crippen LogP contribution in [-0.2, 0) is 16.0 Å². The lowest BCUT2D eigenvalue weighted by atomic mass is 10.1. The van der Waals surface area contributed by atoms with E-state index in [1.807, 2.05) is 26.0 Å². The summed E-state index contributed by atoms with van der Waals surface area (Å²) in [5.74, 6) is 0.438. The van der Waals surface area contributed by atoms with Crippen molar-refractivity contribution in [3.05, 3.63) is 29.8 Å². The summed E-state index contributed by atoms with van der Waals surface area (Å²) in [6.07, 6.45) is -0.290. The van der Waals surface area contributed by atoms with E-state index >= 15 is 0 Å². The minimum absolute atomic E-state index is 0.233. The molecule has 0 amide bonds. The van der Waals surface area contributed by atoms with Crippen LogP contribution in [0.5, 0.6) is 5.75 Å². The van der Waals surface area contributed by atoms with E-state index in [9.17, 15) is 9.90 Å². The first-order valence-electron chi connectivity index (χ1n) is 7.30. The summed E-state index contributed by atoms with van der Waals surface area (Å²) in [5, 5.41) is 12.9. The Hall–Kier alpha value is -1.59. The molecule has 5 nitrogen and oxygen atoms in total. The molecular formula is C16H25NO4. The number of esters is 1. The third kappa shape index (κ3) is 7.68. The molecule has 0 saturated carbocycles. The predicted molar refractivity (Wildman–Crippen MR) is 81.4 cm³/mol. The second-order valence-corrected chi connectivity index (χ2v) is 5.15. The van der Waals surface area contributed by atoms with Crippen molar-refractivity contribution in [2.45, 2.75) is 39.3 Å². The Labute approximate surface area is 126 Å². The minimum Gasteiger partial charge on any atom is -0.491 e. The maximum absolute atomic E-state index is 11.3. The summed E-state index contributed by atoms with van der Waals surface area (Å²) in [6.45, 7) is 6.96. The van der Waals surface area contributed by atoms with Crippen molar-refractivity contribution in [3.8, 4) is 5.75 Å². The lowest BCUT2D eigenvalue weighted by Crippen LogP contribution is -2.35. The first-order chi connectivity index (χ1) is 10.0. The highest BCUT2D eigenvalue weighted by atomic mass is 16.5. The Bertz CT molecular complexity index is 417. The largest absolute Gasteiger partial charge is 0.491 e. The molecule has 0 aliphatic carbocycles. The molecule has 0 spiro atoms. The molecule has 0 fully saturated rings. The average molecular weight is 295 g/mol. The van der Waals surface area contributed by atoms with Crippen molar-refractivity contribution in [1.29, 1.82) is 0 Å². The van der Waals surface area contributed by atoms with E-state index in [2.05, 4.69) is 5.32 Å². The Morgan fingerprint density at radius 1 is 1.29 bits per heavy atom. The number of aliphatic hydroxyl groups is 1. The molecule has 1 rings (SSSR count). The second-order valence-electron chi connectivity index (χ2n) is 5.15. The number of ether oxygens (including phenoxy) is 2. The summed E-state index contributed by atoms with van der Waals surface area (Å²) in [5.41, 5.74) is 0.878. The molecular weight excluding hydrogens is 270 g/mol. The molecule has 21 heavy (non-hydrogen) atoms. The summed E-state index contributed by atoms with van der Waals surface area (Å²) in [6, 6.07) is 7.56. The van der Waals surface area contributed by atoms with Crippen LogP contribution >= 0.6 is 0 Å². The maximum Gasteiger partial charge on any atom is 0.310 e. The van der Waals surface area contributed by atoms with Crippen LogP contribution in [0.25, 0.3) is 0 Å². The van der Waals surface area contributed by atoms with Crippen molar-refractivity contribution in [1.82, 2.24) is 5.32 Å². The van der Waals surface area contributed by atoms with Gasteiger partial charge in [-0.05, 0) is 24.6 Å². The van der Waals surface area contributed by atoms with Crippen molar-refractivity contribution < 1.29 is 19.4 Å². The van der Waals surface area contributed by atoms with Gasteiger partial charge in [-0.3, -0.25) is 4.79 Å². The van der Waals surface area contributed by atoms with Gasteiger partial charge in [0.25, 0.3) is 0 Å². The van der Waals surface area contributed by atoms with E-state index in [1.54, 1.807) is 19.1 Å². The Kier molecular flexibility index (Phi) is 7.79. The number of nitrogens with one attached hydrogen (secondary N) is 1. The van der Waals surface area contributed by atoms with E-state index in [-0.39, 0.29) is 19.0 Å². The fourth-order valence-corrected chi connectivity index (χ4v) is 1.71.